The number of fused-ring (bicyclic) bond motifs is 2. The number of benzene rings is 4. The molecule has 0 aliphatic carbocycles. The number of hydrogen-bond donors (Lipinski definition) is 1. The molecule has 0 radical (unpaired) electrons. The highest BCUT2D eigenvalue weighted by Gasteiger charge is 2.12. The molecule has 4 nitrogen and oxygen atoms in total. The van der Waals surface area contributed by atoms with Gasteiger partial charge in [0.25, 0.3) is 0 Å². The van der Waals surface area contributed by atoms with Crippen LogP contribution >= 0.6 is 0 Å². The van der Waals surface area contributed by atoms with Gasteiger partial charge in [-0.05, 0) is 24.3 Å². The summed E-state index contributed by atoms with van der Waals surface area (Å²) in [5, 5.41) is 22.7. The second-order valence-electron chi connectivity index (χ2n) is 5.69. The third kappa shape index (κ3) is 2.68. The van der Waals surface area contributed by atoms with Crippen LogP contribution in [0.25, 0.3) is 21.5 Å². The summed E-state index contributed by atoms with van der Waals surface area (Å²) < 4.78 is 5.16. The van der Waals surface area contributed by atoms with E-state index in [1.807, 2.05) is 72.8 Å². The van der Waals surface area contributed by atoms with E-state index in [-0.39, 0.29) is 5.75 Å². The third-order valence-corrected chi connectivity index (χ3v) is 4.21. The Morgan fingerprint density at radius 3 is 1.72 bits per heavy atom. The Hall–Kier alpha value is -3.40. The largest absolute Gasteiger partial charge is 0.507 e. The van der Waals surface area contributed by atoms with Crippen LogP contribution in [0.4, 0.5) is 11.4 Å². The van der Waals surface area contributed by atoms with Crippen molar-refractivity contribution in [3.63, 3.8) is 0 Å². The summed E-state index contributed by atoms with van der Waals surface area (Å²) in [6.07, 6.45) is 0. The molecule has 4 heteroatoms. The second-order valence-corrected chi connectivity index (χ2v) is 5.69. The fourth-order valence-electron chi connectivity index (χ4n) is 2.95. The number of methoxy groups -OCH3 is 1. The molecule has 4 aromatic rings. The van der Waals surface area contributed by atoms with Crippen molar-refractivity contribution in [2.75, 3.05) is 7.11 Å². The topological polar surface area (TPSA) is 54.2 Å². The van der Waals surface area contributed by atoms with Gasteiger partial charge in [-0.3, -0.25) is 0 Å². The molecule has 0 aliphatic rings. The molecule has 1 N–H and O–H groups in total. The van der Waals surface area contributed by atoms with Gasteiger partial charge in [0.1, 0.15) is 17.2 Å². The molecule has 0 spiro atoms. The molecule has 0 aliphatic heterocycles. The first kappa shape index (κ1) is 15.1. The van der Waals surface area contributed by atoms with Gasteiger partial charge in [0, 0.05) is 21.5 Å². The van der Waals surface area contributed by atoms with E-state index in [0.29, 0.717) is 0 Å². The Bertz CT molecular complexity index is 1030. The van der Waals surface area contributed by atoms with Gasteiger partial charge in [-0.1, -0.05) is 48.5 Å². The Kier molecular flexibility index (Phi) is 3.78. The van der Waals surface area contributed by atoms with Gasteiger partial charge in [0.05, 0.1) is 12.8 Å². The molecule has 0 heterocycles. The monoisotopic (exact) mass is 328 g/mol. The van der Waals surface area contributed by atoms with Crippen LogP contribution in [0, 0.1) is 0 Å². The van der Waals surface area contributed by atoms with Gasteiger partial charge in [-0.25, -0.2) is 0 Å². The zero-order valence-corrected chi connectivity index (χ0v) is 13.7. The van der Waals surface area contributed by atoms with Crippen LogP contribution in [0.1, 0.15) is 0 Å². The highest BCUT2D eigenvalue weighted by molar-refractivity contribution is 6.14. The van der Waals surface area contributed by atoms with Gasteiger partial charge in [-0.2, -0.15) is 5.11 Å². The lowest BCUT2D eigenvalue weighted by Gasteiger charge is -2.09. The van der Waals surface area contributed by atoms with E-state index in [2.05, 4.69) is 10.2 Å². The van der Waals surface area contributed by atoms with Crippen LogP contribution in [0.3, 0.4) is 0 Å². The third-order valence-electron chi connectivity index (χ3n) is 4.21. The van der Waals surface area contributed by atoms with Crippen LogP contribution in [-0.2, 0) is 0 Å². The minimum Gasteiger partial charge on any atom is -0.507 e. The number of phenols is 1. The molecular formula is C21H16N2O2. The van der Waals surface area contributed by atoms with Gasteiger partial charge in [-0.15, -0.1) is 5.11 Å². The number of aromatic hydroxyl groups is 1. The van der Waals surface area contributed by atoms with E-state index in [4.69, 9.17) is 4.74 Å². The fourth-order valence-corrected chi connectivity index (χ4v) is 2.95. The first-order chi connectivity index (χ1) is 12.3. The molecule has 0 unspecified atom stereocenters. The summed E-state index contributed by atoms with van der Waals surface area (Å²) in [6, 6.07) is 22.8. The fraction of sp³-hybridized carbons (Fsp3) is 0.0476. The van der Waals surface area contributed by atoms with Crippen molar-refractivity contribution in [1.82, 2.24) is 0 Å². The van der Waals surface area contributed by atoms with Crippen LogP contribution in [0.5, 0.6) is 11.5 Å². The van der Waals surface area contributed by atoms with Crippen molar-refractivity contribution >= 4 is 32.9 Å². The van der Waals surface area contributed by atoms with Gasteiger partial charge < -0.3 is 9.84 Å². The maximum absolute atomic E-state index is 10.6. The maximum Gasteiger partial charge on any atom is 0.131 e. The lowest BCUT2D eigenvalue weighted by molar-refractivity contribution is 0.415. The predicted octanol–water partition coefficient (Wildman–Crippen LogP) is 6.12. The summed E-state index contributed by atoms with van der Waals surface area (Å²) >= 11 is 0. The summed E-state index contributed by atoms with van der Waals surface area (Å²) in [5.74, 6) is 1.05. The zero-order valence-electron chi connectivity index (χ0n) is 13.7. The first-order valence-electron chi connectivity index (χ1n) is 7.96. The lowest BCUT2D eigenvalue weighted by atomic mass is 10.00. The van der Waals surface area contributed by atoms with Crippen molar-refractivity contribution in [1.29, 1.82) is 0 Å². The highest BCUT2D eigenvalue weighted by Crippen LogP contribution is 2.42. The van der Waals surface area contributed by atoms with E-state index in [9.17, 15) is 5.11 Å². The maximum atomic E-state index is 10.6. The molecule has 0 amide bonds. The van der Waals surface area contributed by atoms with Gasteiger partial charge >= 0.3 is 0 Å². The van der Waals surface area contributed by atoms with E-state index >= 15 is 0 Å². The Labute approximate surface area is 145 Å². The Morgan fingerprint density at radius 2 is 1.20 bits per heavy atom. The van der Waals surface area contributed by atoms with Crippen LogP contribution < -0.4 is 4.74 Å². The summed E-state index contributed by atoms with van der Waals surface area (Å²) in [6.45, 7) is 0. The average molecular weight is 328 g/mol. The number of azo groups is 1. The molecule has 4 aromatic carbocycles. The van der Waals surface area contributed by atoms with Crippen molar-refractivity contribution in [3.8, 4) is 11.5 Å². The Balaban J connectivity index is 1.92. The Morgan fingerprint density at radius 1 is 0.680 bits per heavy atom. The summed E-state index contributed by atoms with van der Waals surface area (Å²) in [5.41, 5.74) is 1.49. The lowest BCUT2D eigenvalue weighted by Crippen LogP contribution is -1.81. The molecular weight excluding hydrogens is 312 g/mol. The van der Waals surface area contributed by atoms with Crippen molar-refractivity contribution in [2.24, 2.45) is 10.2 Å². The molecule has 0 saturated carbocycles. The summed E-state index contributed by atoms with van der Waals surface area (Å²) in [4.78, 5) is 0. The van der Waals surface area contributed by atoms with Crippen LogP contribution in [0.2, 0.25) is 0 Å². The van der Waals surface area contributed by atoms with Crippen LogP contribution in [0.15, 0.2) is 83.0 Å². The predicted molar refractivity (Wildman–Crippen MR) is 100 cm³/mol. The first-order valence-corrected chi connectivity index (χ1v) is 7.96. The highest BCUT2D eigenvalue weighted by atomic mass is 16.5. The van der Waals surface area contributed by atoms with Gasteiger partial charge in [0.2, 0.25) is 0 Å². The standard InChI is InChI=1S/C21H16N2O2/c1-25-15-12-10-14(11-13-15)22-23-20-16-6-2-4-8-18(16)21(24)19-9-5-3-7-17(19)20/h2-13,24H,1H3. The molecule has 25 heavy (non-hydrogen) atoms. The normalized spacial score (nSPS) is 11.4. The van der Waals surface area contributed by atoms with Crippen molar-refractivity contribution in [3.05, 3.63) is 72.8 Å². The molecule has 0 bridgehead atoms. The molecule has 122 valence electrons. The number of phenolic OH excluding ortho intramolecular Hbond substituents is 1. The molecule has 0 atom stereocenters. The van der Waals surface area contributed by atoms with Crippen molar-refractivity contribution in [2.45, 2.75) is 0 Å². The van der Waals surface area contributed by atoms with E-state index < -0.39 is 0 Å². The van der Waals surface area contributed by atoms with Crippen molar-refractivity contribution < 1.29 is 9.84 Å². The quantitative estimate of drug-likeness (QED) is 0.364. The average Bonchev–Trinajstić information content (AvgIpc) is 2.68. The number of nitrogens with zero attached hydrogens (tertiary/aromatic N) is 2. The molecule has 4 rings (SSSR count). The van der Waals surface area contributed by atoms with E-state index in [0.717, 1.165) is 38.7 Å². The summed E-state index contributed by atoms with van der Waals surface area (Å²) in [7, 11) is 1.63. The SMILES string of the molecule is COc1ccc(N=Nc2c3ccccc3c(O)c3ccccc23)cc1. The minimum atomic E-state index is 0.273. The van der Waals surface area contributed by atoms with Crippen LogP contribution in [-0.4, -0.2) is 12.2 Å². The second kappa shape index (κ2) is 6.24. The minimum absolute atomic E-state index is 0.273. The number of hydrogen-bond acceptors (Lipinski definition) is 4. The van der Waals surface area contributed by atoms with E-state index in [1.165, 1.54) is 0 Å². The molecule has 0 saturated heterocycles. The molecule has 0 fully saturated rings. The van der Waals surface area contributed by atoms with E-state index in [1.54, 1.807) is 7.11 Å². The number of ether oxygens (including phenoxy) is 1. The smallest absolute Gasteiger partial charge is 0.131 e. The zero-order chi connectivity index (χ0) is 17.2. The molecule has 0 aromatic heterocycles. The number of rotatable bonds is 3. The van der Waals surface area contributed by atoms with Gasteiger partial charge in [0.15, 0.2) is 0 Å².